The van der Waals surface area contributed by atoms with Gasteiger partial charge in [-0.15, -0.1) is 5.10 Å². The zero-order chi connectivity index (χ0) is 14.7. The van der Waals surface area contributed by atoms with E-state index in [-0.39, 0.29) is 5.69 Å². The highest BCUT2D eigenvalue weighted by Crippen LogP contribution is 2.25. The first kappa shape index (κ1) is 13.4. The predicted octanol–water partition coefficient (Wildman–Crippen LogP) is 3.60. The average Bonchev–Trinajstić information content (AvgIpc) is 3.00. The number of anilines is 1. The number of aromatic nitrogens is 2. The van der Waals surface area contributed by atoms with E-state index in [1.165, 1.54) is 12.1 Å². The normalized spacial score (nSPS) is 10.3. The molecule has 1 amide bonds. The van der Waals surface area contributed by atoms with Crippen LogP contribution in [0.4, 0.5) is 10.1 Å². The highest BCUT2D eigenvalue weighted by atomic mass is 32.1. The van der Waals surface area contributed by atoms with Gasteiger partial charge < -0.3 is 5.32 Å². The van der Waals surface area contributed by atoms with E-state index in [9.17, 15) is 9.18 Å². The van der Waals surface area contributed by atoms with E-state index in [1.807, 2.05) is 30.3 Å². The number of hydrogen-bond acceptors (Lipinski definition) is 4. The van der Waals surface area contributed by atoms with Gasteiger partial charge in [0.25, 0.3) is 5.91 Å². The number of nitrogens with one attached hydrogen (secondary N) is 1. The van der Waals surface area contributed by atoms with Gasteiger partial charge in [-0.2, -0.15) is 0 Å². The van der Waals surface area contributed by atoms with Gasteiger partial charge in [-0.1, -0.05) is 47.0 Å². The fourth-order valence-electron chi connectivity index (χ4n) is 1.87. The number of hydrogen-bond donors (Lipinski definition) is 1. The Morgan fingerprint density at radius 1 is 1.05 bits per heavy atom. The molecule has 0 aliphatic carbocycles. The number of halogens is 1. The standard InChI is InChI=1S/C15H10FN3OS/c16-11-8-4-5-9-12(11)17-15(20)14-13(18-19-21-14)10-6-2-1-3-7-10/h1-9H,(H,17,20). The van der Waals surface area contributed by atoms with E-state index in [4.69, 9.17) is 0 Å². The second-order valence-corrected chi connectivity index (χ2v) is 5.00. The first-order chi connectivity index (χ1) is 10.3. The Labute approximate surface area is 124 Å². The molecule has 2 aromatic carbocycles. The molecular weight excluding hydrogens is 289 g/mol. The van der Waals surface area contributed by atoms with Crippen LogP contribution in [0.2, 0.25) is 0 Å². The van der Waals surface area contributed by atoms with E-state index in [2.05, 4.69) is 14.9 Å². The maximum absolute atomic E-state index is 13.6. The van der Waals surface area contributed by atoms with E-state index in [0.29, 0.717) is 10.6 Å². The Morgan fingerprint density at radius 2 is 1.76 bits per heavy atom. The van der Waals surface area contributed by atoms with Crippen LogP contribution in [0.25, 0.3) is 11.3 Å². The van der Waals surface area contributed by atoms with Gasteiger partial charge in [0.15, 0.2) is 0 Å². The van der Waals surface area contributed by atoms with Crippen LogP contribution >= 0.6 is 11.5 Å². The number of benzene rings is 2. The molecular formula is C15H10FN3OS. The molecule has 0 aliphatic heterocycles. The summed E-state index contributed by atoms with van der Waals surface area (Å²) in [5, 5.41) is 6.52. The van der Waals surface area contributed by atoms with Crippen molar-refractivity contribution in [2.45, 2.75) is 0 Å². The first-order valence-corrected chi connectivity index (χ1v) is 6.96. The molecule has 1 heterocycles. The second kappa shape index (κ2) is 5.80. The topological polar surface area (TPSA) is 54.9 Å². The van der Waals surface area contributed by atoms with Crippen molar-refractivity contribution in [2.24, 2.45) is 0 Å². The number of carbonyl (C=O) groups excluding carboxylic acids is 1. The number of rotatable bonds is 3. The Kier molecular flexibility index (Phi) is 3.70. The second-order valence-electron chi connectivity index (χ2n) is 4.25. The average molecular weight is 299 g/mol. The van der Waals surface area contributed by atoms with Crippen molar-refractivity contribution >= 4 is 23.1 Å². The molecule has 3 aromatic rings. The number of carbonyl (C=O) groups is 1. The van der Waals surface area contributed by atoms with Crippen LogP contribution in [0.1, 0.15) is 9.67 Å². The molecule has 0 radical (unpaired) electrons. The van der Waals surface area contributed by atoms with Gasteiger partial charge >= 0.3 is 0 Å². The summed E-state index contributed by atoms with van der Waals surface area (Å²) in [6.45, 7) is 0. The largest absolute Gasteiger partial charge is 0.319 e. The third-order valence-corrected chi connectivity index (χ3v) is 3.59. The molecule has 104 valence electrons. The van der Waals surface area contributed by atoms with Gasteiger partial charge in [-0.25, -0.2) is 4.39 Å². The molecule has 0 fully saturated rings. The van der Waals surface area contributed by atoms with Gasteiger partial charge in [0.1, 0.15) is 16.4 Å². The third kappa shape index (κ3) is 2.80. The first-order valence-electron chi connectivity index (χ1n) is 6.19. The third-order valence-electron chi connectivity index (χ3n) is 2.86. The van der Waals surface area contributed by atoms with Gasteiger partial charge in [0.05, 0.1) is 5.69 Å². The van der Waals surface area contributed by atoms with Crippen molar-refractivity contribution < 1.29 is 9.18 Å². The summed E-state index contributed by atoms with van der Waals surface area (Å²) in [5.41, 5.74) is 1.43. The van der Waals surface area contributed by atoms with E-state index < -0.39 is 11.7 Å². The van der Waals surface area contributed by atoms with Gasteiger partial charge in [-0.05, 0) is 23.7 Å². The van der Waals surface area contributed by atoms with Gasteiger partial charge in [-0.3, -0.25) is 4.79 Å². The van der Waals surface area contributed by atoms with Crippen molar-refractivity contribution in [1.82, 2.24) is 9.59 Å². The summed E-state index contributed by atoms with van der Waals surface area (Å²) in [7, 11) is 0. The fraction of sp³-hybridized carbons (Fsp3) is 0. The lowest BCUT2D eigenvalue weighted by Gasteiger charge is -2.05. The highest BCUT2D eigenvalue weighted by Gasteiger charge is 2.18. The highest BCUT2D eigenvalue weighted by molar-refractivity contribution is 7.08. The number of nitrogens with zero attached hydrogens (tertiary/aromatic N) is 2. The Bertz CT molecular complexity index is 773. The summed E-state index contributed by atoms with van der Waals surface area (Å²) in [5.74, 6) is -0.904. The summed E-state index contributed by atoms with van der Waals surface area (Å²) < 4.78 is 17.4. The summed E-state index contributed by atoms with van der Waals surface area (Å²) in [4.78, 5) is 12.6. The monoisotopic (exact) mass is 299 g/mol. The molecule has 0 unspecified atom stereocenters. The molecule has 1 N–H and O–H groups in total. The minimum atomic E-state index is -0.482. The molecule has 0 atom stereocenters. The van der Waals surface area contributed by atoms with Crippen LogP contribution in [-0.4, -0.2) is 15.5 Å². The molecule has 1 aromatic heterocycles. The molecule has 3 rings (SSSR count). The van der Waals surface area contributed by atoms with Crippen molar-refractivity contribution in [3.63, 3.8) is 0 Å². The SMILES string of the molecule is O=C(Nc1ccccc1F)c1snnc1-c1ccccc1. The zero-order valence-electron chi connectivity index (χ0n) is 10.8. The molecule has 6 heteroatoms. The zero-order valence-corrected chi connectivity index (χ0v) is 11.6. The smallest absolute Gasteiger partial charge is 0.269 e. The van der Waals surface area contributed by atoms with Crippen molar-refractivity contribution in [2.75, 3.05) is 5.32 Å². The molecule has 0 saturated carbocycles. The lowest BCUT2D eigenvalue weighted by Crippen LogP contribution is -2.12. The predicted molar refractivity (Wildman–Crippen MR) is 79.7 cm³/mol. The van der Waals surface area contributed by atoms with Crippen LogP contribution in [0.15, 0.2) is 54.6 Å². The molecule has 0 aliphatic rings. The maximum atomic E-state index is 13.6. The van der Waals surface area contributed by atoms with E-state index >= 15 is 0 Å². The summed E-state index contributed by atoms with van der Waals surface area (Å²) in [6, 6.07) is 15.3. The minimum Gasteiger partial charge on any atom is -0.319 e. The Balaban J connectivity index is 1.90. The lowest BCUT2D eigenvalue weighted by molar-refractivity contribution is 0.103. The maximum Gasteiger partial charge on any atom is 0.269 e. The molecule has 0 spiro atoms. The fourth-order valence-corrected chi connectivity index (χ4v) is 2.45. The van der Waals surface area contributed by atoms with Crippen molar-refractivity contribution in [1.29, 1.82) is 0 Å². The van der Waals surface area contributed by atoms with Crippen LogP contribution in [0.3, 0.4) is 0 Å². The molecule has 0 bridgehead atoms. The van der Waals surface area contributed by atoms with Crippen LogP contribution < -0.4 is 5.32 Å². The summed E-state index contributed by atoms with van der Waals surface area (Å²) in [6.07, 6.45) is 0. The van der Waals surface area contributed by atoms with Crippen molar-refractivity contribution in [3.05, 3.63) is 65.3 Å². The van der Waals surface area contributed by atoms with Crippen molar-refractivity contribution in [3.8, 4) is 11.3 Å². The molecule has 4 nitrogen and oxygen atoms in total. The minimum absolute atomic E-state index is 0.134. The summed E-state index contributed by atoms with van der Waals surface area (Å²) >= 11 is 0.982. The Morgan fingerprint density at radius 3 is 2.52 bits per heavy atom. The van der Waals surface area contributed by atoms with Gasteiger partial charge in [0, 0.05) is 5.56 Å². The van der Waals surface area contributed by atoms with E-state index in [0.717, 1.165) is 17.1 Å². The van der Waals surface area contributed by atoms with Crippen LogP contribution in [-0.2, 0) is 0 Å². The van der Waals surface area contributed by atoms with Crippen LogP contribution in [0, 0.1) is 5.82 Å². The molecule has 21 heavy (non-hydrogen) atoms. The molecule has 0 saturated heterocycles. The van der Waals surface area contributed by atoms with Gasteiger partial charge in [0.2, 0.25) is 0 Å². The number of para-hydroxylation sites is 1. The number of amides is 1. The van der Waals surface area contributed by atoms with E-state index in [1.54, 1.807) is 12.1 Å². The van der Waals surface area contributed by atoms with Crippen LogP contribution in [0.5, 0.6) is 0 Å². The lowest BCUT2D eigenvalue weighted by atomic mass is 10.1. The Hall–Kier alpha value is -2.60. The quantitative estimate of drug-likeness (QED) is 0.804.